The van der Waals surface area contributed by atoms with Crippen molar-refractivity contribution in [2.24, 2.45) is 11.8 Å². The Morgan fingerprint density at radius 2 is 1.76 bits per heavy atom. The summed E-state index contributed by atoms with van der Waals surface area (Å²) in [5.74, 6) is 1.35. The third-order valence-corrected chi connectivity index (χ3v) is 7.86. The zero-order valence-corrected chi connectivity index (χ0v) is 19.4. The molecule has 1 aromatic heterocycles. The van der Waals surface area contributed by atoms with Crippen LogP contribution < -0.4 is 5.32 Å². The lowest BCUT2D eigenvalue weighted by Gasteiger charge is -2.32. The van der Waals surface area contributed by atoms with Crippen molar-refractivity contribution in [3.8, 4) is 0 Å². The number of hydrogen-bond donors (Lipinski definition) is 1. The maximum Gasteiger partial charge on any atom is 0.269 e. The van der Waals surface area contributed by atoms with Crippen molar-refractivity contribution in [2.75, 3.05) is 13.1 Å². The molecule has 3 atom stereocenters. The molecule has 3 unspecified atom stereocenters. The van der Waals surface area contributed by atoms with Crippen LogP contribution in [0.1, 0.15) is 76.5 Å². The molecule has 8 heteroatoms. The Hall–Kier alpha value is -3.29. The number of fused-ring (bicyclic) bond motifs is 2. The molecular weight excluding hydrogens is 432 g/mol. The Kier molecular flexibility index (Phi) is 6.06. The summed E-state index contributed by atoms with van der Waals surface area (Å²) in [5.41, 5.74) is 2.80. The predicted molar refractivity (Wildman–Crippen MR) is 127 cm³/mol. The molecule has 1 saturated heterocycles. The maximum atomic E-state index is 13.2. The molecule has 1 aromatic carbocycles. The molecular formula is C26H30N4O4. The van der Waals surface area contributed by atoms with Crippen LogP contribution in [-0.4, -0.2) is 45.8 Å². The standard InChI is InChI=1S/C26H30N4O4/c1-16-2-9-22(25(31)28-23-15-17-3-4-20(23)14-17)24(27-16)18-10-12-29(13-11-18)26(32)19-5-7-21(8-6-19)30(33)34/h2,5-9,17-18,20,23H,3-4,10-15H2,1H3,(H,28,31). The molecule has 5 rings (SSSR count). The average Bonchev–Trinajstić information content (AvgIpc) is 3.47. The Labute approximate surface area is 198 Å². The molecule has 2 aliphatic carbocycles. The van der Waals surface area contributed by atoms with Crippen LogP contribution in [0.5, 0.6) is 0 Å². The summed E-state index contributed by atoms with van der Waals surface area (Å²) in [6, 6.07) is 9.80. The fraction of sp³-hybridized carbons (Fsp3) is 0.500. The van der Waals surface area contributed by atoms with Crippen LogP contribution >= 0.6 is 0 Å². The molecule has 3 aliphatic rings. The number of nitro benzene ring substituents is 1. The quantitative estimate of drug-likeness (QED) is 0.529. The number of rotatable bonds is 5. The van der Waals surface area contributed by atoms with Crippen LogP contribution in [0.3, 0.4) is 0 Å². The number of carbonyl (C=O) groups is 2. The molecule has 178 valence electrons. The van der Waals surface area contributed by atoms with Gasteiger partial charge in [-0.25, -0.2) is 0 Å². The van der Waals surface area contributed by atoms with E-state index in [-0.39, 0.29) is 29.5 Å². The van der Waals surface area contributed by atoms with Gasteiger partial charge in [-0.1, -0.05) is 6.42 Å². The first kappa shape index (κ1) is 22.5. The van der Waals surface area contributed by atoms with Gasteiger partial charge in [-0.2, -0.15) is 0 Å². The van der Waals surface area contributed by atoms with Crippen LogP contribution in [0.15, 0.2) is 36.4 Å². The van der Waals surface area contributed by atoms with E-state index >= 15 is 0 Å². The highest BCUT2D eigenvalue weighted by molar-refractivity contribution is 5.96. The normalized spacial score (nSPS) is 24.3. The Bertz CT molecular complexity index is 1110. The molecule has 2 bridgehead atoms. The van der Waals surface area contributed by atoms with Crippen molar-refractivity contribution in [2.45, 2.75) is 57.4 Å². The van der Waals surface area contributed by atoms with Gasteiger partial charge >= 0.3 is 0 Å². The van der Waals surface area contributed by atoms with Gasteiger partial charge in [0.25, 0.3) is 17.5 Å². The molecule has 0 spiro atoms. The lowest BCUT2D eigenvalue weighted by atomic mass is 9.89. The summed E-state index contributed by atoms with van der Waals surface area (Å²) in [7, 11) is 0. The first-order valence-corrected chi connectivity index (χ1v) is 12.2. The summed E-state index contributed by atoms with van der Waals surface area (Å²) in [5, 5.41) is 14.2. The number of piperidine rings is 1. The number of non-ortho nitro benzene ring substituents is 1. The van der Waals surface area contributed by atoms with Crippen LogP contribution in [-0.2, 0) is 0 Å². The van der Waals surface area contributed by atoms with Gasteiger partial charge in [0.1, 0.15) is 0 Å². The first-order valence-electron chi connectivity index (χ1n) is 12.2. The predicted octanol–water partition coefficient (Wildman–Crippen LogP) is 4.24. The minimum Gasteiger partial charge on any atom is -0.349 e. The Morgan fingerprint density at radius 3 is 2.38 bits per heavy atom. The number of aryl methyl sites for hydroxylation is 1. The van der Waals surface area contributed by atoms with Gasteiger partial charge in [-0.15, -0.1) is 0 Å². The molecule has 1 N–H and O–H groups in total. The average molecular weight is 463 g/mol. The molecule has 2 saturated carbocycles. The fourth-order valence-corrected chi connectivity index (χ4v) is 6.01. The number of pyridine rings is 1. The van der Waals surface area contributed by atoms with Gasteiger partial charge in [-0.3, -0.25) is 24.7 Å². The van der Waals surface area contributed by atoms with Gasteiger partial charge in [0.05, 0.1) is 16.2 Å². The number of nitrogens with one attached hydrogen (secondary N) is 1. The topological polar surface area (TPSA) is 105 Å². The smallest absolute Gasteiger partial charge is 0.269 e. The van der Waals surface area contributed by atoms with E-state index in [4.69, 9.17) is 4.98 Å². The number of aromatic nitrogens is 1. The number of carbonyl (C=O) groups excluding carboxylic acids is 2. The van der Waals surface area contributed by atoms with E-state index in [1.54, 1.807) is 4.90 Å². The largest absolute Gasteiger partial charge is 0.349 e. The zero-order chi connectivity index (χ0) is 23.8. The maximum absolute atomic E-state index is 13.2. The third kappa shape index (κ3) is 4.41. The summed E-state index contributed by atoms with van der Waals surface area (Å²) >= 11 is 0. The lowest BCUT2D eigenvalue weighted by Crippen LogP contribution is -2.40. The Balaban J connectivity index is 1.25. The van der Waals surface area contributed by atoms with Crippen molar-refractivity contribution in [3.63, 3.8) is 0 Å². The first-order chi connectivity index (χ1) is 16.4. The van der Waals surface area contributed by atoms with Crippen LogP contribution in [0, 0.1) is 28.9 Å². The second kappa shape index (κ2) is 9.16. The highest BCUT2D eigenvalue weighted by atomic mass is 16.6. The number of likely N-dealkylation sites (tertiary alicyclic amines) is 1. The SMILES string of the molecule is Cc1ccc(C(=O)NC2CC3CCC2C3)c(C2CCN(C(=O)c3ccc([N+](=O)[O-])cc3)CC2)n1. The fourth-order valence-electron chi connectivity index (χ4n) is 6.01. The highest BCUT2D eigenvalue weighted by Crippen LogP contribution is 2.44. The highest BCUT2D eigenvalue weighted by Gasteiger charge is 2.40. The molecule has 2 amide bonds. The van der Waals surface area contributed by atoms with Crippen molar-refractivity contribution in [1.82, 2.24) is 15.2 Å². The van der Waals surface area contributed by atoms with Gasteiger partial charge in [0.2, 0.25) is 0 Å². The molecule has 1 aliphatic heterocycles. The molecule has 2 heterocycles. The van der Waals surface area contributed by atoms with E-state index in [0.29, 0.717) is 30.1 Å². The van der Waals surface area contributed by atoms with Crippen molar-refractivity contribution in [3.05, 3.63) is 69.0 Å². The van der Waals surface area contributed by atoms with E-state index in [0.717, 1.165) is 36.6 Å². The zero-order valence-electron chi connectivity index (χ0n) is 19.4. The van der Waals surface area contributed by atoms with Crippen LogP contribution in [0.2, 0.25) is 0 Å². The van der Waals surface area contributed by atoms with Crippen molar-refractivity contribution in [1.29, 1.82) is 0 Å². The van der Waals surface area contributed by atoms with E-state index in [1.807, 2.05) is 19.1 Å². The van der Waals surface area contributed by atoms with E-state index in [1.165, 1.54) is 43.5 Å². The lowest BCUT2D eigenvalue weighted by molar-refractivity contribution is -0.384. The summed E-state index contributed by atoms with van der Waals surface area (Å²) in [6.45, 7) is 3.06. The van der Waals surface area contributed by atoms with Gasteiger partial charge in [0, 0.05) is 48.4 Å². The van der Waals surface area contributed by atoms with Crippen LogP contribution in [0.4, 0.5) is 5.69 Å². The monoisotopic (exact) mass is 462 g/mol. The van der Waals surface area contributed by atoms with E-state index < -0.39 is 4.92 Å². The summed E-state index contributed by atoms with van der Waals surface area (Å²) < 4.78 is 0. The summed E-state index contributed by atoms with van der Waals surface area (Å²) in [4.78, 5) is 43.0. The van der Waals surface area contributed by atoms with Crippen molar-refractivity contribution >= 4 is 17.5 Å². The van der Waals surface area contributed by atoms with E-state index in [2.05, 4.69) is 5.32 Å². The number of nitro groups is 1. The summed E-state index contributed by atoms with van der Waals surface area (Å²) in [6.07, 6.45) is 6.30. The minimum absolute atomic E-state index is 0.0237. The van der Waals surface area contributed by atoms with Gasteiger partial charge in [-0.05, 0) is 75.1 Å². The molecule has 2 aromatic rings. The number of nitrogens with zero attached hydrogens (tertiary/aromatic N) is 3. The number of amides is 2. The van der Waals surface area contributed by atoms with E-state index in [9.17, 15) is 19.7 Å². The number of benzene rings is 1. The molecule has 8 nitrogen and oxygen atoms in total. The minimum atomic E-state index is -0.473. The molecule has 0 radical (unpaired) electrons. The second-order valence-electron chi connectivity index (χ2n) is 10.0. The number of hydrogen-bond acceptors (Lipinski definition) is 5. The Morgan fingerprint density at radius 1 is 1.03 bits per heavy atom. The van der Waals surface area contributed by atoms with Crippen molar-refractivity contribution < 1.29 is 14.5 Å². The molecule has 3 fully saturated rings. The van der Waals surface area contributed by atoms with Gasteiger partial charge in [0.15, 0.2) is 0 Å². The second-order valence-corrected chi connectivity index (χ2v) is 10.0. The van der Waals surface area contributed by atoms with Gasteiger partial charge < -0.3 is 10.2 Å². The van der Waals surface area contributed by atoms with Crippen LogP contribution in [0.25, 0.3) is 0 Å². The molecule has 34 heavy (non-hydrogen) atoms. The third-order valence-electron chi connectivity index (χ3n) is 7.86.